The molecule has 0 aliphatic heterocycles. The molecule has 3 heteroatoms. The fourth-order valence-electron chi connectivity index (χ4n) is 1.60. The lowest BCUT2D eigenvalue weighted by Gasteiger charge is -2.06. The highest BCUT2D eigenvalue weighted by atomic mass is 16.5. The second kappa shape index (κ2) is 5.87. The molecule has 2 aromatic carbocycles. The molecule has 0 aliphatic rings. The molecule has 0 saturated heterocycles. The van der Waals surface area contributed by atoms with Crippen molar-refractivity contribution in [3.63, 3.8) is 0 Å². The minimum Gasteiger partial charge on any atom is -0.478 e. The van der Waals surface area contributed by atoms with Gasteiger partial charge in [-0.25, -0.2) is 4.79 Å². The molecule has 0 radical (unpaired) electrons. The standard InChI is InChI=1S/C16H14O3/c1-12(16(17)18)10-13-6-5-9-15(11-13)19-14-7-3-2-4-8-14/h2-11H,1H3,(H,17,18). The number of ether oxygens (including phenoxy) is 1. The molecule has 0 amide bonds. The van der Waals surface area contributed by atoms with Gasteiger partial charge in [-0.15, -0.1) is 0 Å². The van der Waals surface area contributed by atoms with Gasteiger partial charge in [0.15, 0.2) is 0 Å². The molecular weight excluding hydrogens is 240 g/mol. The van der Waals surface area contributed by atoms with Crippen molar-refractivity contribution in [1.82, 2.24) is 0 Å². The highest BCUT2D eigenvalue weighted by molar-refractivity contribution is 5.91. The van der Waals surface area contributed by atoms with Crippen molar-refractivity contribution >= 4 is 12.0 Å². The van der Waals surface area contributed by atoms with Crippen LogP contribution in [0.5, 0.6) is 11.5 Å². The van der Waals surface area contributed by atoms with Gasteiger partial charge < -0.3 is 9.84 Å². The van der Waals surface area contributed by atoms with Gasteiger partial charge >= 0.3 is 5.97 Å². The van der Waals surface area contributed by atoms with Crippen LogP contribution in [0.3, 0.4) is 0 Å². The van der Waals surface area contributed by atoms with Gasteiger partial charge in [0, 0.05) is 5.57 Å². The summed E-state index contributed by atoms with van der Waals surface area (Å²) in [4.78, 5) is 10.8. The van der Waals surface area contributed by atoms with Gasteiger partial charge in [-0.1, -0.05) is 30.3 Å². The molecule has 0 unspecified atom stereocenters. The molecular formula is C16H14O3. The van der Waals surface area contributed by atoms with Crippen molar-refractivity contribution in [3.8, 4) is 11.5 Å². The Kier molecular flexibility index (Phi) is 3.98. The second-order valence-electron chi connectivity index (χ2n) is 4.12. The van der Waals surface area contributed by atoms with E-state index in [-0.39, 0.29) is 5.57 Å². The topological polar surface area (TPSA) is 46.5 Å². The van der Waals surface area contributed by atoms with Crippen LogP contribution in [0, 0.1) is 0 Å². The first kappa shape index (κ1) is 12.9. The van der Waals surface area contributed by atoms with E-state index in [2.05, 4.69) is 0 Å². The van der Waals surface area contributed by atoms with Gasteiger partial charge in [0.1, 0.15) is 11.5 Å². The average molecular weight is 254 g/mol. The van der Waals surface area contributed by atoms with E-state index in [1.165, 1.54) is 0 Å². The van der Waals surface area contributed by atoms with E-state index < -0.39 is 5.97 Å². The average Bonchev–Trinajstić information content (AvgIpc) is 2.40. The largest absolute Gasteiger partial charge is 0.478 e. The summed E-state index contributed by atoms with van der Waals surface area (Å²) in [5.74, 6) is 0.506. The number of hydrogen-bond acceptors (Lipinski definition) is 2. The summed E-state index contributed by atoms with van der Waals surface area (Å²) < 4.78 is 5.68. The van der Waals surface area contributed by atoms with E-state index in [0.29, 0.717) is 5.75 Å². The molecule has 0 aliphatic carbocycles. The summed E-state index contributed by atoms with van der Waals surface area (Å²) in [6.07, 6.45) is 1.61. The van der Waals surface area contributed by atoms with Crippen LogP contribution in [0.25, 0.3) is 6.08 Å². The first-order valence-electron chi connectivity index (χ1n) is 5.90. The number of carboxylic acids is 1. The summed E-state index contributed by atoms with van der Waals surface area (Å²) in [5.41, 5.74) is 1.09. The van der Waals surface area contributed by atoms with Gasteiger partial charge in [-0.05, 0) is 42.8 Å². The molecule has 0 bridgehead atoms. The van der Waals surface area contributed by atoms with Gasteiger partial charge in [-0.2, -0.15) is 0 Å². The quantitative estimate of drug-likeness (QED) is 0.840. The number of carboxylic acid groups (broad SMARTS) is 1. The molecule has 0 spiro atoms. The van der Waals surface area contributed by atoms with E-state index in [9.17, 15) is 4.79 Å². The lowest BCUT2D eigenvalue weighted by Crippen LogP contribution is -1.95. The summed E-state index contributed by atoms with van der Waals surface area (Å²) >= 11 is 0. The van der Waals surface area contributed by atoms with Crippen LogP contribution < -0.4 is 4.74 Å². The van der Waals surface area contributed by atoms with Crippen molar-refractivity contribution in [2.45, 2.75) is 6.92 Å². The van der Waals surface area contributed by atoms with Crippen molar-refractivity contribution in [1.29, 1.82) is 0 Å². The van der Waals surface area contributed by atoms with E-state index in [0.717, 1.165) is 11.3 Å². The molecule has 0 saturated carbocycles. The van der Waals surface area contributed by atoms with Crippen molar-refractivity contribution in [3.05, 3.63) is 65.7 Å². The Morgan fingerprint density at radius 3 is 2.42 bits per heavy atom. The Labute approximate surface area is 111 Å². The van der Waals surface area contributed by atoms with Crippen molar-refractivity contribution < 1.29 is 14.6 Å². The maximum Gasteiger partial charge on any atom is 0.331 e. The third-order valence-electron chi connectivity index (χ3n) is 2.56. The monoisotopic (exact) mass is 254 g/mol. The van der Waals surface area contributed by atoms with Gasteiger partial charge in [0.25, 0.3) is 0 Å². The number of para-hydroxylation sites is 1. The minimum atomic E-state index is -0.922. The predicted octanol–water partition coefficient (Wildman–Crippen LogP) is 3.97. The zero-order valence-electron chi connectivity index (χ0n) is 10.5. The normalized spacial score (nSPS) is 11.1. The molecule has 1 N–H and O–H groups in total. The summed E-state index contributed by atoms with van der Waals surface area (Å²) in [7, 11) is 0. The summed E-state index contributed by atoms with van der Waals surface area (Å²) in [6.45, 7) is 1.56. The third kappa shape index (κ3) is 3.71. The second-order valence-corrected chi connectivity index (χ2v) is 4.12. The minimum absolute atomic E-state index is 0.289. The molecule has 0 aromatic heterocycles. The molecule has 19 heavy (non-hydrogen) atoms. The van der Waals surface area contributed by atoms with Crippen molar-refractivity contribution in [2.75, 3.05) is 0 Å². The molecule has 3 nitrogen and oxygen atoms in total. The van der Waals surface area contributed by atoms with E-state index in [1.807, 2.05) is 48.5 Å². The maximum absolute atomic E-state index is 10.8. The van der Waals surface area contributed by atoms with Crippen LogP contribution in [-0.4, -0.2) is 11.1 Å². The van der Waals surface area contributed by atoms with Crippen molar-refractivity contribution in [2.24, 2.45) is 0 Å². The highest BCUT2D eigenvalue weighted by Crippen LogP contribution is 2.22. The van der Waals surface area contributed by atoms with Crippen LogP contribution in [-0.2, 0) is 4.79 Å². The SMILES string of the molecule is CC(=Cc1cccc(Oc2ccccc2)c1)C(=O)O. The first-order valence-corrected chi connectivity index (χ1v) is 5.90. The first-order chi connectivity index (χ1) is 9.15. The Hall–Kier alpha value is -2.55. The maximum atomic E-state index is 10.8. The Morgan fingerprint density at radius 2 is 1.74 bits per heavy atom. The molecule has 2 aromatic rings. The Balaban J connectivity index is 2.20. The molecule has 0 atom stereocenters. The van der Waals surface area contributed by atoms with Gasteiger partial charge in [0.05, 0.1) is 0 Å². The molecule has 96 valence electrons. The Bertz CT molecular complexity index is 600. The molecule has 0 heterocycles. The van der Waals surface area contributed by atoms with Gasteiger partial charge in [-0.3, -0.25) is 0 Å². The number of aliphatic carboxylic acids is 1. The van der Waals surface area contributed by atoms with E-state index >= 15 is 0 Å². The summed E-state index contributed by atoms with van der Waals surface area (Å²) in [5, 5.41) is 8.85. The van der Waals surface area contributed by atoms with Crippen LogP contribution in [0.15, 0.2) is 60.2 Å². The van der Waals surface area contributed by atoms with E-state index in [1.54, 1.807) is 19.1 Å². The summed E-state index contributed by atoms with van der Waals surface area (Å²) in [6, 6.07) is 16.8. The van der Waals surface area contributed by atoms with Crippen LogP contribution in [0.4, 0.5) is 0 Å². The fraction of sp³-hybridized carbons (Fsp3) is 0.0625. The molecule has 0 fully saturated rings. The van der Waals surface area contributed by atoms with Gasteiger partial charge in [0.2, 0.25) is 0 Å². The number of carbonyl (C=O) groups is 1. The third-order valence-corrected chi connectivity index (χ3v) is 2.56. The smallest absolute Gasteiger partial charge is 0.331 e. The lowest BCUT2D eigenvalue weighted by molar-refractivity contribution is -0.132. The fourth-order valence-corrected chi connectivity index (χ4v) is 1.60. The van der Waals surface area contributed by atoms with Crippen LogP contribution in [0.2, 0.25) is 0 Å². The van der Waals surface area contributed by atoms with Crippen LogP contribution >= 0.6 is 0 Å². The number of benzene rings is 2. The Morgan fingerprint density at radius 1 is 1.05 bits per heavy atom. The number of hydrogen-bond donors (Lipinski definition) is 1. The molecule has 2 rings (SSSR count). The predicted molar refractivity (Wildman–Crippen MR) is 74.2 cm³/mol. The van der Waals surface area contributed by atoms with E-state index in [4.69, 9.17) is 9.84 Å². The highest BCUT2D eigenvalue weighted by Gasteiger charge is 2.01. The van der Waals surface area contributed by atoms with Crippen LogP contribution in [0.1, 0.15) is 12.5 Å². The lowest BCUT2D eigenvalue weighted by atomic mass is 10.1. The number of rotatable bonds is 4. The zero-order chi connectivity index (χ0) is 13.7. The zero-order valence-corrected chi connectivity index (χ0v) is 10.5.